The fourth-order valence-corrected chi connectivity index (χ4v) is 7.51. The molecule has 0 atom stereocenters. The fraction of sp³-hybridized carbons (Fsp3) is 0.388. The van der Waals surface area contributed by atoms with E-state index in [-0.39, 0.29) is 0 Å². The zero-order chi connectivity index (χ0) is 35.0. The van der Waals surface area contributed by atoms with E-state index in [0.29, 0.717) is 0 Å². The lowest BCUT2D eigenvalue weighted by Gasteiger charge is -2.18. The number of rotatable bonds is 20. The minimum absolute atomic E-state index is 1.12. The molecular formula is C49H59Br. The van der Waals surface area contributed by atoms with Crippen LogP contribution in [0.3, 0.4) is 0 Å². The minimum atomic E-state index is 1.12. The zero-order valence-corrected chi connectivity index (χ0v) is 32.7. The molecule has 0 amide bonds. The topological polar surface area (TPSA) is 0 Å². The van der Waals surface area contributed by atoms with Crippen LogP contribution in [0.4, 0.5) is 0 Å². The van der Waals surface area contributed by atoms with Crippen LogP contribution in [0.25, 0.3) is 44.5 Å². The summed E-state index contributed by atoms with van der Waals surface area (Å²) in [6.45, 7) is 6.89. The molecular weight excluding hydrogens is 668 g/mol. The Morgan fingerprint density at radius 2 is 0.660 bits per heavy atom. The lowest BCUT2D eigenvalue weighted by atomic mass is 9.86. The van der Waals surface area contributed by atoms with E-state index >= 15 is 0 Å². The molecule has 5 aromatic rings. The summed E-state index contributed by atoms with van der Waals surface area (Å²) in [6.07, 6.45) is 20.3. The molecule has 0 nitrogen and oxygen atoms in total. The molecule has 50 heavy (non-hydrogen) atoms. The Kier molecular flexibility index (Phi) is 15.5. The SMILES string of the molecule is CCCCCCCc1ccc(-c2ccc(-c3cc(CCCCCC)c(-c4ccc(-c5ccc(Br)cc5)cc4)cc3CCCCCC)cc2)cc1. The smallest absolute Gasteiger partial charge is 0.0175 e. The Balaban J connectivity index is 1.43. The Bertz CT molecular complexity index is 1690. The fourth-order valence-electron chi connectivity index (χ4n) is 7.25. The van der Waals surface area contributed by atoms with Gasteiger partial charge >= 0.3 is 0 Å². The third-order valence-electron chi connectivity index (χ3n) is 10.4. The van der Waals surface area contributed by atoms with Gasteiger partial charge < -0.3 is 0 Å². The first-order valence-electron chi connectivity index (χ1n) is 19.8. The second-order valence-electron chi connectivity index (χ2n) is 14.3. The van der Waals surface area contributed by atoms with Crippen LogP contribution in [0.15, 0.2) is 114 Å². The van der Waals surface area contributed by atoms with Crippen LogP contribution in [-0.4, -0.2) is 0 Å². The molecule has 0 aliphatic rings. The third kappa shape index (κ3) is 11.0. The van der Waals surface area contributed by atoms with Crippen molar-refractivity contribution in [1.29, 1.82) is 0 Å². The minimum Gasteiger partial charge on any atom is -0.0654 e. The van der Waals surface area contributed by atoms with Gasteiger partial charge in [-0.3, -0.25) is 0 Å². The van der Waals surface area contributed by atoms with Gasteiger partial charge in [-0.05, 0) is 112 Å². The number of unbranched alkanes of at least 4 members (excludes halogenated alkanes) is 10. The normalized spacial score (nSPS) is 11.3. The Morgan fingerprint density at radius 3 is 1.08 bits per heavy atom. The third-order valence-corrected chi connectivity index (χ3v) is 10.9. The van der Waals surface area contributed by atoms with Gasteiger partial charge in [0.1, 0.15) is 0 Å². The molecule has 1 heteroatoms. The van der Waals surface area contributed by atoms with Crippen molar-refractivity contribution in [3.63, 3.8) is 0 Å². The first-order chi connectivity index (χ1) is 24.6. The van der Waals surface area contributed by atoms with E-state index in [9.17, 15) is 0 Å². The number of aryl methyl sites for hydroxylation is 3. The van der Waals surface area contributed by atoms with E-state index in [4.69, 9.17) is 0 Å². The average molecular weight is 728 g/mol. The lowest BCUT2D eigenvalue weighted by molar-refractivity contribution is 0.632. The number of halogens is 1. The average Bonchev–Trinajstić information content (AvgIpc) is 3.16. The largest absolute Gasteiger partial charge is 0.0654 e. The highest BCUT2D eigenvalue weighted by atomic mass is 79.9. The van der Waals surface area contributed by atoms with Gasteiger partial charge in [0, 0.05) is 4.47 Å². The molecule has 0 saturated heterocycles. The van der Waals surface area contributed by atoms with Crippen molar-refractivity contribution in [2.24, 2.45) is 0 Å². The molecule has 0 fully saturated rings. The Hall–Kier alpha value is -3.42. The van der Waals surface area contributed by atoms with Crippen molar-refractivity contribution in [2.45, 2.75) is 124 Å². The molecule has 5 aromatic carbocycles. The summed E-state index contributed by atoms with van der Waals surface area (Å²) in [5.41, 5.74) is 15.1. The van der Waals surface area contributed by atoms with Gasteiger partial charge in [0.15, 0.2) is 0 Å². The van der Waals surface area contributed by atoms with Crippen LogP contribution in [0.5, 0.6) is 0 Å². The number of hydrogen-bond acceptors (Lipinski definition) is 0. The summed E-state index contributed by atoms with van der Waals surface area (Å²) in [6, 6.07) is 41.8. The predicted molar refractivity (Wildman–Crippen MR) is 224 cm³/mol. The molecule has 0 heterocycles. The Labute approximate surface area is 312 Å². The molecule has 0 aliphatic carbocycles. The number of hydrogen-bond donors (Lipinski definition) is 0. The monoisotopic (exact) mass is 726 g/mol. The molecule has 0 aliphatic heterocycles. The first kappa shape index (κ1) is 37.8. The van der Waals surface area contributed by atoms with Gasteiger partial charge in [0.2, 0.25) is 0 Å². The summed E-state index contributed by atoms with van der Waals surface area (Å²) in [4.78, 5) is 0. The predicted octanol–water partition coefficient (Wildman–Crippen LogP) is 15.9. The van der Waals surface area contributed by atoms with Crippen LogP contribution in [0, 0.1) is 0 Å². The molecule has 0 N–H and O–H groups in total. The first-order valence-corrected chi connectivity index (χ1v) is 20.6. The van der Waals surface area contributed by atoms with Crippen molar-refractivity contribution < 1.29 is 0 Å². The van der Waals surface area contributed by atoms with Gasteiger partial charge in [-0.25, -0.2) is 0 Å². The molecule has 0 bridgehead atoms. The van der Waals surface area contributed by atoms with E-state index in [1.807, 2.05) is 0 Å². The maximum atomic E-state index is 3.58. The van der Waals surface area contributed by atoms with Crippen molar-refractivity contribution in [1.82, 2.24) is 0 Å². The molecule has 0 radical (unpaired) electrons. The zero-order valence-electron chi connectivity index (χ0n) is 31.1. The van der Waals surface area contributed by atoms with Crippen LogP contribution in [0.2, 0.25) is 0 Å². The van der Waals surface area contributed by atoms with Crippen molar-refractivity contribution >= 4 is 15.9 Å². The quantitative estimate of drug-likeness (QED) is 0.0700. The second-order valence-corrected chi connectivity index (χ2v) is 15.2. The van der Waals surface area contributed by atoms with E-state index in [0.717, 1.165) is 17.3 Å². The van der Waals surface area contributed by atoms with Crippen LogP contribution in [0.1, 0.15) is 121 Å². The summed E-state index contributed by atoms with van der Waals surface area (Å²) in [5, 5.41) is 0. The molecule has 0 unspecified atom stereocenters. The maximum absolute atomic E-state index is 3.58. The van der Waals surface area contributed by atoms with Gasteiger partial charge in [0.05, 0.1) is 0 Å². The number of benzene rings is 5. The second kappa shape index (κ2) is 20.4. The lowest BCUT2D eigenvalue weighted by Crippen LogP contribution is -1.99. The molecule has 0 spiro atoms. The maximum Gasteiger partial charge on any atom is 0.0175 e. The standard InChI is InChI=1S/C49H59Br/c1-4-7-10-13-14-17-38-20-22-39(23-21-38)40-24-28-43(29-25-40)48-36-46(19-16-12-9-6-3)49(37-45(48)18-15-11-8-5-2)44-30-26-41(27-31-44)42-32-34-47(50)35-33-42/h20-37H,4-19H2,1-3H3. The van der Waals surface area contributed by atoms with Gasteiger partial charge in [0.25, 0.3) is 0 Å². The molecule has 5 rings (SSSR count). The van der Waals surface area contributed by atoms with Gasteiger partial charge in [-0.1, -0.05) is 198 Å². The summed E-state index contributed by atoms with van der Waals surface area (Å²) >= 11 is 3.58. The van der Waals surface area contributed by atoms with Crippen LogP contribution < -0.4 is 0 Å². The highest BCUT2D eigenvalue weighted by molar-refractivity contribution is 9.10. The van der Waals surface area contributed by atoms with E-state index in [1.54, 1.807) is 0 Å². The summed E-state index contributed by atoms with van der Waals surface area (Å²) < 4.78 is 1.12. The van der Waals surface area contributed by atoms with E-state index in [2.05, 4.69) is 146 Å². The highest BCUT2D eigenvalue weighted by Crippen LogP contribution is 2.36. The summed E-state index contributed by atoms with van der Waals surface area (Å²) in [7, 11) is 0. The van der Waals surface area contributed by atoms with Crippen LogP contribution in [-0.2, 0) is 19.3 Å². The van der Waals surface area contributed by atoms with Crippen molar-refractivity contribution in [3.8, 4) is 44.5 Å². The van der Waals surface area contributed by atoms with Crippen LogP contribution >= 0.6 is 15.9 Å². The Morgan fingerprint density at radius 1 is 0.340 bits per heavy atom. The highest BCUT2D eigenvalue weighted by Gasteiger charge is 2.14. The van der Waals surface area contributed by atoms with Gasteiger partial charge in [-0.2, -0.15) is 0 Å². The molecule has 262 valence electrons. The van der Waals surface area contributed by atoms with E-state index < -0.39 is 0 Å². The molecule has 0 saturated carbocycles. The van der Waals surface area contributed by atoms with E-state index in [1.165, 1.54) is 151 Å². The van der Waals surface area contributed by atoms with Crippen molar-refractivity contribution in [2.75, 3.05) is 0 Å². The van der Waals surface area contributed by atoms with Gasteiger partial charge in [-0.15, -0.1) is 0 Å². The molecule has 0 aromatic heterocycles. The van der Waals surface area contributed by atoms with Crippen molar-refractivity contribution in [3.05, 3.63) is 130 Å². The summed E-state index contributed by atoms with van der Waals surface area (Å²) in [5.74, 6) is 0.